The smallest absolute Gasteiger partial charge is 0.262 e. The quantitative estimate of drug-likeness (QED) is 0.291. The predicted molar refractivity (Wildman–Crippen MR) is 105 cm³/mol. The highest BCUT2D eigenvalue weighted by atomic mass is 32.2. The number of carbonyl (C=O) groups excluding carboxylic acids is 1. The molecule has 0 radical (unpaired) electrons. The lowest BCUT2D eigenvalue weighted by atomic mass is 10.0. The van der Waals surface area contributed by atoms with Gasteiger partial charge in [0.2, 0.25) is 0 Å². The van der Waals surface area contributed by atoms with Crippen molar-refractivity contribution in [3.8, 4) is 6.07 Å². The lowest BCUT2D eigenvalue weighted by Crippen LogP contribution is -2.26. The van der Waals surface area contributed by atoms with E-state index in [0.717, 1.165) is 11.8 Å². The number of ether oxygens (including phenoxy) is 1. The van der Waals surface area contributed by atoms with E-state index in [4.69, 9.17) is 15.4 Å². The van der Waals surface area contributed by atoms with E-state index in [0.29, 0.717) is 42.2 Å². The molecule has 0 aliphatic carbocycles. The third-order valence-electron chi connectivity index (χ3n) is 3.93. The van der Waals surface area contributed by atoms with Crippen molar-refractivity contribution in [1.82, 2.24) is 9.55 Å². The highest BCUT2D eigenvalue weighted by molar-refractivity contribution is 7.99. The molecule has 1 heterocycles. The van der Waals surface area contributed by atoms with Gasteiger partial charge in [0.05, 0.1) is 22.7 Å². The predicted octanol–water partition coefficient (Wildman–Crippen LogP) is 2.66. The minimum atomic E-state index is -1.06. The van der Waals surface area contributed by atoms with E-state index < -0.39 is 5.92 Å². The molecule has 0 spiro atoms. The molecule has 0 saturated heterocycles. The minimum Gasteiger partial charge on any atom is -0.382 e. The van der Waals surface area contributed by atoms with Crippen LogP contribution in [0.3, 0.4) is 0 Å². The van der Waals surface area contributed by atoms with E-state index in [9.17, 15) is 9.59 Å². The Balaban J connectivity index is 2.30. The molecule has 7 nitrogen and oxygen atoms in total. The molecule has 27 heavy (non-hydrogen) atoms. The van der Waals surface area contributed by atoms with Crippen molar-refractivity contribution in [2.45, 2.75) is 32.0 Å². The molecule has 0 aliphatic heterocycles. The Bertz CT molecular complexity index is 933. The Morgan fingerprint density at radius 1 is 1.44 bits per heavy atom. The number of nitriles is 1. The van der Waals surface area contributed by atoms with Gasteiger partial charge in [-0.1, -0.05) is 23.9 Å². The number of ketones is 1. The van der Waals surface area contributed by atoms with Gasteiger partial charge < -0.3 is 10.1 Å². The normalized spacial score (nSPS) is 11.9. The first kappa shape index (κ1) is 20.8. The molecule has 1 aromatic heterocycles. The number of nitrogens with zero attached hydrogens (tertiary/aromatic N) is 3. The van der Waals surface area contributed by atoms with E-state index in [2.05, 4.69) is 4.98 Å². The first-order chi connectivity index (χ1) is 13.0. The summed E-state index contributed by atoms with van der Waals surface area (Å²) in [6, 6.07) is 8.93. The molecule has 0 saturated carbocycles. The zero-order valence-electron chi connectivity index (χ0n) is 15.4. The largest absolute Gasteiger partial charge is 0.382 e. The maximum Gasteiger partial charge on any atom is 0.262 e. The van der Waals surface area contributed by atoms with E-state index >= 15 is 0 Å². The summed E-state index contributed by atoms with van der Waals surface area (Å²) in [6.45, 7) is 4.92. The Kier molecular flexibility index (Phi) is 7.70. The minimum absolute atomic E-state index is 0.0173. The maximum atomic E-state index is 12.9. The number of hydrogen-bond donors (Lipinski definition) is 1. The Labute approximate surface area is 161 Å². The second-order valence-electron chi connectivity index (χ2n) is 5.92. The van der Waals surface area contributed by atoms with Gasteiger partial charge in [-0.25, -0.2) is 4.98 Å². The molecule has 0 aliphatic rings. The highest BCUT2D eigenvalue weighted by Gasteiger charge is 2.21. The number of para-hydroxylation sites is 1. The highest BCUT2D eigenvalue weighted by Crippen LogP contribution is 2.19. The van der Waals surface area contributed by atoms with Crippen LogP contribution in [0.1, 0.15) is 20.3 Å². The standard InChI is InChI=1S/C19H22N4O3S/c1-3-26-10-6-9-23-18(25)14-7-4-5-8-16(14)22-19(23)27-12-17(24)15(11-20)13(2)21/h4-5,7-8,15,21H,3,6,9-10,12H2,1-2H3/t15-/m0/s1. The number of thioether (sulfide) groups is 1. The van der Waals surface area contributed by atoms with Crippen molar-refractivity contribution >= 4 is 34.2 Å². The van der Waals surface area contributed by atoms with Gasteiger partial charge in [-0.2, -0.15) is 5.26 Å². The summed E-state index contributed by atoms with van der Waals surface area (Å²) < 4.78 is 6.89. The van der Waals surface area contributed by atoms with E-state index in [1.165, 1.54) is 6.92 Å². The number of hydrogen-bond acceptors (Lipinski definition) is 7. The lowest BCUT2D eigenvalue weighted by Gasteiger charge is -2.13. The SMILES string of the molecule is CCOCCCn1c(SCC(=O)[C@@H](C#N)C(C)=N)nc2ccccc2c1=O. The molecule has 0 bridgehead atoms. The van der Waals surface area contributed by atoms with Crippen molar-refractivity contribution in [2.75, 3.05) is 19.0 Å². The molecule has 2 rings (SSSR count). The molecule has 142 valence electrons. The van der Waals surface area contributed by atoms with Crippen molar-refractivity contribution < 1.29 is 9.53 Å². The van der Waals surface area contributed by atoms with Gasteiger partial charge in [-0.3, -0.25) is 14.2 Å². The summed E-state index contributed by atoms with van der Waals surface area (Å²) in [7, 11) is 0. The van der Waals surface area contributed by atoms with Crippen molar-refractivity contribution in [3.05, 3.63) is 34.6 Å². The Morgan fingerprint density at radius 2 is 2.19 bits per heavy atom. The fourth-order valence-electron chi connectivity index (χ4n) is 2.55. The van der Waals surface area contributed by atoms with Crippen LogP contribution in [0.15, 0.2) is 34.2 Å². The van der Waals surface area contributed by atoms with Crippen LogP contribution in [0.5, 0.6) is 0 Å². The van der Waals surface area contributed by atoms with Crippen LogP contribution in [0.2, 0.25) is 0 Å². The Morgan fingerprint density at radius 3 is 2.85 bits per heavy atom. The second kappa shape index (κ2) is 10.00. The number of Topliss-reactive ketones (excluding diaryl/α,β-unsaturated/α-hetero) is 1. The molecule has 0 unspecified atom stereocenters. The summed E-state index contributed by atoms with van der Waals surface area (Å²) >= 11 is 1.12. The molecule has 2 aromatic rings. The number of benzene rings is 1. The fraction of sp³-hybridized carbons (Fsp3) is 0.421. The van der Waals surface area contributed by atoms with Gasteiger partial charge in [0, 0.05) is 25.5 Å². The summed E-state index contributed by atoms with van der Waals surface area (Å²) in [5.74, 6) is -1.45. The average molecular weight is 386 g/mol. The van der Waals surface area contributed by atoms with E-state index in [-0.39, 0.29) is 22.8 Å². The lowest BCUT2D eigenvalue weighted by molar-refractivity contribution is -0.117. The van der Waals surface area contributed by atoms with Crippen LogP contribution in [-0.2, 0) is 16.1 Å². The van der Waals surface area contributed by atoms with Gasteiger partial charge in [0.25, 0.3) is 5.56 Å². The van der Waals surface area contributed by atoms with Crippen molar-refractivity contribution in [3.63, 3.8) is 0 Å². The van der Waals surface area contributed by atoms with E-state index in [1.54, 1.807) is 28.8 Å². The molecule has 1 atom stereocenters. The van der Waals surface area contributed by atoms with Crippen LogP contribution in [0, 0.1) is 22.7 Å². The molecular formula is C19H22N4O3S. The summed E-state index contributed by atoms with van der Waals surface area (Å²) in [5, 5.41) is 17.6. The number of carbonyl (C=O) groups is 1. The number of aromatic nitrogens is 2. The number of fused-ring (bicyclic) bond motifs is 1. The van der Waals surface area contributed by atoms with Crippen LogP contribution in [0.4, 0.5) is 0 Å². The summed E-state index contributed by atoms with van der Waals surface area (Å²) in [6.07, 6.45) is 0.649. The van der Waals surface area contributed by atoms with Crippen LogP contribution in [0.25, 0.3) is 10.9 Å². The zero-order chi connectivity index (χ0) is 19.8. The topological polar surface area (TPSA) is 109 Å². The van der Waals surface area contributed by atoms with Gasteiger partial charge in [-0.15, -0.1) is 0 Å². The zero-order valence-corrected chi connectivity index (χ0v) is 16.2. The summed E-state index contributed by atoms with van der Waals surface area (Å²) in [5.41, 5.74) is 0.425. The number of nitrogens with one attached hydrogen (secondary N) is 1. The molecular weight excluding hydrogens is 364 g/mol. The molecule has 1 N–H and O–H groups in total. The molecule has 8 heteroatoms. The van der Waals surface area contributed by atoms with Crippen molar-refractivity contribution in [1.29, 1.82) is 10.7 Å². The molecule has 0 amide bonds. The maximum absolute atomic E-state index is 12.9. The Hall–Kier alpha value is -2.50. The van der Waals surface area contributed by atoms with E-state index in [1.807, 2.05) is 13.0 Å². The first-order valence-electron chi connectivity index (χ1n) is 8.67. The van der Waals surface area contributed by atoms with Crippen LogP contribution in [-0.4, -0.2) is 40.0 Å². The second-order valence-corrected chi connectivity index (χ2v) is 6.86. The third kappa shape index (κ3) is 5.25. The van der Waals surface area contributed by atoms with Gasteiger partial charge >= 0.3 is 0 Å². The van der Waals surface area contributed by atoms with Gasteiger partial charge in [0.1, 0.15) is 5.92 Å². The third-order valence-corrected chi connectivity index (χ3v) is 4.93. The van der Waals surface area contributed by atoms with Crippen molar-refractivity contribution in [2.24, 2.45) is 5.92 Å². The van der Waals surface area contributed by atoms with Crippen LogP contribution < -0.4 is 5.56 Å². The monoisotopic (exact) mass is 386 g/mol. The van der Waals surface area contributed by atoms with Crippen LogP contribution >= 0.6 is 11.8 Å². The first-order valence-corrected chi connectivity index (χ1v) is 9.65. The number of rotatable bonds is 10. The van der Waals surface area contributed by atoms with Gasteiger partial charge in [0.15, 0.2) is 10.9 Å². The average Bonchev–Trinajstić information content (AvgIpc) is 2.65. The molecule has 0 fully saturated rings. The fourth-order valence-corrected chi connectivity index (χ4v) is 3.48. The summed E-state index contributed by atoms with van der Waals surface area (Å²) in [4.78, 5) is 29.6. The van der Waals surface area contributed by atoms with Gasteiger partial charge in [-0.05, 0) is 32.4 Å². The molecule has 1 aromatic carbocycles.